The second-order valence-electron chi connectivity index (χ2n) is 11.9. The molecule has 4 atom stereocenters. The van der Waals surface area contributed by atoms with Gasteiger partial charge in [0.2, 0.25) is 0 Å². The molecular formula is C28H31F2N5O3S. The molecule has 0 radical (unpaired) electrons. The van der Waals surface area contributed by atoms with Gasteiger partial charge in [0.25, 0.3) is 0 Å². The summed E-state index contributed by atoms with van der Waals surface area (Å²) in [5.41, 5.74) is 5.41. The van der Waals surface area contributed by atoms with Gasteiger partial charge in [-0.1, -0.05) is 12.1 Å². The Morgan fingerprint density at radius 3 is 2.56 bits per heavy atom. The number of aliphatic hydroxyl groups is 1. The molecule has 5 aliphatic rings. The van der Waals surface area contributed by atoms with E-state index in [0.29, 0.717) is 17.9 Å². The largest absolute Gasteiger partial charge is 0.392 e. The average molecular weight is 556 g/mol. The molecule has 206 valence electrons. The third-order valence-corrected chi connectivity index (χ3v) is 10.5. The van der Waals surface area contributed by atoms with Crippen LogP contribution in [0.2, 0.25) is 0 Å². The molecule has 0 saturated heterocycles. The van der Waals surface area contributed by atoms with Gasteiger partial charge in [-0.2, -0.15) is 8.42 Å². The smallest absolute Gasteiger partial charge is 0.311 e. The van der Waals surface area contributed by atoms with Crippen molar-refractivity contribution in [3.05, 3.63) is 72.2 Å². The standard InChI is InChI=1S/C28H31F2N5O3S/c29-19-4-6-20(7-5-19)33-39(37,38)34-32-27-17-8-16-9-18(27)13-28(11-16,12-17)25(36)10-23-26-21(2-1-3-22(26)30)24-14-31-15-35(23)24/h1-7,14-18,23,25,27,32-34,36H,8-13H2. The molecule has 1 aromatic heterocycles. The molecule has 39 heavy (non-hydrogen) atoms. The fourth-order valence-corrected chi connectivity index (χ4v) is 9.06. The minimum absolute atomic E-state index is 0.0448. The molecule has 11 heteroatoms. The first kappa shape index (κ1) is 25.1. The number of hydrogen-bond donors (Lipinski definition) is 4. The zero-order valence-corrected chi connectivity index (χ0v) is 22.0. The van der Waals surface area contributed by atoms with Crippen LogP contribution in [0.5, 0.6) is 0 Å². The number of halogens is 2. The van der Waals surface area contributed by atoms with E-state index in [1.807, 2.05) is 10.6 Å². The van der Waals surface area contributed by atoms with Gasteiger partial charge in [-0.15, -0.1) is 4.83 Å². The van der Waals surface area contributed by atoms with E-state index in [1.54, 1.807) is 18.6 Å². The van der Waals surface area contributed by atoms with E-state index in [2.05, 4.69) is 20.0 Å². The summed E-state index contributed by atoms with van der Waals surface area (Å²) in [7, 11) is -3.91. The summed E-state index contributed by atoms with van der Waals surface area (Å²) in [4.78, 5) is 6.75. The predicted molar refractivity (Wildman–Crippen MR) is 141 cm³/mol. The number of benzene rings is 2. The molecular weight excluding hydrogens is 524 g/mol. The van der Waals surface area contributed by atoms with Crippen LogP contribution >= 0.6 is 0 Å². The number of fused-ring (bicyclic) bond motifs is 3. The van der Waals surface area contributed by atoms with E-state index in [-0.39, 0.29) is 40.8 Å². The maximum Gasteiger partial charge on any atom is 0.311 e. The van der Waals surface area contributed by atoms with Crippen LogP contribution in [-0.4, -0.2) is 35.2 Å². The highest BCUT2D eigenvalue weighted by Gasteiger charge is 2.58. The van der Waals surface area contributed by atoms with Crippen LogP contribution in [0.1, 0.15) is 50.1 Å². The minimum Gasteiger partial charge on any atom is -0.392 e. The summed E-state index contributed by atoms with van der Waals surface area (Å²) in [6.45, 7) is 0. The lowest BCUT2D eigenvalue weighted by Crippen LogP contribution is -2.63. The first-order valence-corrected chi connectivity index (χ1v) is 15.0. The number of rotatable bonds is 8. The van der Waals surface area contributed by atoms with Gasteiger partial charge in [0.1, 0.15) is 11.6 Å². The highest BCUT2D eigenvalue weighted by molar-refractivity contribution is 7.90. The Labute approximate surface area is 226 Å². The van der Waals surface area contributed by atoms with Crippen LogP contribution in [0.25, 0.3) is 11.3 Å². The predicted octanol–water partition coefficient (Wildman–Crippen LogP) is 4.13. The van der Waals surface area contributed by atoms with Crippen molar-refractivity contribution in [1.82, 2.24) is 19.8 Å². The molecule has 0 amide bonds. The SMILES string of the molecule is O=S(=O)(NNC1C2CC3CC1CC(C(O)CC1c4c(F)cccc4-c4cncn41)(C3)C2)Nc1ccc(F)cc1. The molecule has 4 fully saturated rings. The number of aromatic nitrogens is 2. The van der Waals surface area contributed by atoms with Crippen LogP contribution in [0.3, 0.4) is 0 Å². The van der Waals surface area contributed by atoms with E-state index in [4.69, 9.17) is 0 Å². The Morgan fingerprint density at radius 2 is 1.82 bits per heavy atom. The summed E-state index contributed by atoms with van der Waals surface area (Å²) < 4.78 is 57.8. The second kappa shape index (κ2) is 9.09. The lowest BCUT2D eigenvalue weighted by Gasteiger charge is -2.61. The summed E-state index contributed by atoms with van der Waals surface area (Å²) in [6.07, 6.45) is 7.77. The second-order valence-corrected chi connectivity index (χ2v) is 13.3. The van der Waals surface area contributed by atoms with Crippen LogP contribution in [0.4, 0.5) is 14.5 Å². The van der Waals surface area contributed by atoms with Crippen LogP contribution in [0.15, 0.2) is 55.0 Å². The fraction of sp³-hybridized carbons (Fsp3) is 0.464. The highest BCUT2D eigenvalue weighted by atomic mass is 32.2. The van der Waals surface area contributed by atoms with Gasteiger partial charge in [0.15, 0.2) is 0 Å². The molecule has 8 nitrogen and oxygen atoms in total. The molecule has 4 aliphatic carbocycles. The van der Waals surface area contributed by atoms with Gasteiger partial charge in [-0.05, 0) is 92.0 Å². The Bertz CT molecular complexity index is 1500. The highest BCUT2D eigenvalue weighted by Crippen LogP contribution is 2.62. The van der Waals surface area contributed by atoms with Crippen molar-refractivity contribution < 1.29 is 22.3 Å². The third kappa shape index (κ3) is 4.26. The van der Waals surface area contributed by atoms with Gasteiger partial charge in [-0.25, -0.2) is 19.2 Å². The number of hydrogen-bond acceptors (Lipinski definition) is 5. The fourth-order valence-electron chi connectivity index (χ4n) is 8.27. The summed E-state index contributed by atoms with van der Waals surface area (Å²) >= 11 is 0. The third-order valence-electron chi connectivity index (χ3n) is 9.59. The Balaban J connectivity index is 1.06. The molecule has 2 heterocycles. The van der Waals surface area contributed by atoms with Crippen LogP contribution in [0, 0.1) is 34.8 Å². The molecule has 1 aliphatic heterocycles. The van der Waals surface area contributed by atoms with Gasteiger partial charge in [0.05, 0.1) is 30.4 Å². The molecule has 8 rings (SSSR count). The number of nitrogens with one attached hydrogen (secondary N) is 3. The summed E-state index contributed by atoms with van der Waals surface area (Å²) in [5, 5.41) is 11.8. The van der Waals surface area contributed by atoms with Gasteiger partial charge < -0.3 is 9.67 Å². The van der Waals surface area contributed by atoms with E-state index in [1.165, 1.54) is 30.3 Å². The topological polar surface area (TPSA) is 108 Å². The van der Waals surface area contributed by atoms with Crippen molar-refractivity contribution in [2.75, 3.05) is 4.72 Å². The van der Waals surface area contributed by atoms with Crippen molar-refractivity contribution in [3.63, 3.8) is 0 Å². The monoisotopic (exact) mass is 555 g/mol. The molecule has 4 saturated carbocycles. The van der Waals surface area contributed by atoms with Crippen molar-refractivity contribution in [2.45, 2.75) is 56.7 Å². The van der Waals surface area contributed by atoms with E-state index in [0.717, 1.165) is 43.4 Å². The minimum atomic E-state index is -3.91. The van der Waals surface area contributed by atoms with Crippen molar-refractivity contribution in [1.29, 1.82) is 0 Å². The molecule has 4 unspecified atom stereocenters. The number of imidazole rings is 1. The normalized spacial score (nSPS) is 31.2. The summed E-state index contributed by atoms with van der Waals surface area (Å²) in [6, 6.07) is 9.86. The molecule has 0 spiro atoms. The number of aliphatic hydroxyl groups excluding tert-OH is 1. The molecule has 4 bridgehead atoms. The van der Waals surface area contributed by atoms with Crippen LogP contribution in [-0.2, 0) is 10.2 Å². The first-order chi connectivity index (χ1) is 18.7. The van der Waals surface area contributed by atoms with Crippen molar-refractivity contribution in [3.8, 4) is 11.3 Å². The number of hydrazine groups is 1. The lowest BCUT2D eigenvalue weighted by molar-refractivity contribution is -0.138. The Hall–Kier alpha value is -2.86. The maximum absolute atomic E-state index is 15.0. The zero-order chi connectivity index (χ0) is 26.9. The van der Waals surface area contributed by atoms with Gasteiger partial charge >= 0.3 is 10.2 Å². The van der Waals surface area contributed by atoms with E-state index >= 15 is 0 Å². The van der Waals surface area contributed by atoms with E-state index in [9.17, 15) is 22.3 Å². The van der Waals surface area contributed by atoms with Gasteiger partial charge in [-0.3, -0.25) is 4.72 Å². The summed E-state index contributed by atoms with van der Waals surface area (Å²) in [5.74, 6) is 0.221. The Morgan fingerprint density at radius 1 is 1.08 bits per heavy atom. The molecule has 3 aromatic rings. The molecule has 2 aromatic carbocycles. The number of nitrogens with zero attached hydrogens (tertiary/aromatic N) is 2. The van der Waals surface area contributed by atoms with Crippen molar-refractivity contribution >= 4 is 15.9 Å². The maximum atomic E-state index is 15.0. The lowest BCUT2D eigenvalue weighted by atomic mass is 9.46. The molecule has 4 N–H and O–H groups in total. The van der Waals surface area contributed by atoms with Crippen LogP contribution < -0.4 is 15.0 Å². The zero-order valence-electron chi connectivity index (χ0n) is 21.2. The average Bonchev–Trinajstić information content (AvgIpc) is 3.48. The number of anilines is 1. The van der Waals surface area contributed by atoms with Gasteiger partial charge in [0, 0.05) is 22.9 Å². The quantitative estimate of drug-likeness (QED) is 0.313. The Kier molecular flexibility index (Phi) is 5.85. The first-order valence-electron chi connectivity index (χ1n) is 13.5. The van der Waals surface area contributed by atoms with Crippen molar-refractivity contribution in [2.24, 2.45) is 23.2 Å². The van der Waals surface area contributed by atoms with E-state index < -0.39 is 22.1 Å².